The second kappa shape index (κ2) is 7.18. The minimum absolute atomic E-state index is 0.250. The first-order chi connectivity index (χ1) is 15.2. The fraction of sp³-hybridized carbons (Fsp3) is 0.400. The molecule has 5 rings (SSSR count). The lowest BCUT2D eigenvalue weighted by Crippen LogP contribution is -2.53. The molecule has 0 N–H and O–H groups in total. The summed E-state index contributed by atoms with van der Waals surface area (Å²) in [5.41, 5.74) is 2.65. The van der Waals surface area contributed by atoms with Crippen molar-refractivity contribution in [2.75, 3.05) is 0 Å². The summed E-state index contributed by atoms with van der Waals surface area (Å²) < 4.78 is 53.5. The van der Waals surface area contributed by atoms with Crippen LogP contribution >= 0.6 is 0 Å². The highest BCUT2D eigenvalue weighted by Gasteiger charge is 2.61. The van der Waals surface area contributed by atoms with Crippen LogP contribution < -0.4 is 0 Å². The number of aromatic nitrogens is 2. The number of rotatable bonds is 3. The Labute approximate surface area is 185 Å². The highest BCUT2D eigenvalue weighted by Crippen LogP contribution is 2.58. The van der Waals surface area contributed by atoms with Crippen molar-refractivity contribution in [3.8, 4) is 5.69 Å². The van der Waals surface area contributed by atoms with E-state index in [1.54, 1.807) is 23.0 Å². The molecular formula is C25H25F3N2O2. The lowest BCUT2D eigenvalue weighted by atomic mass is 9.62. The van der Waals surface area contributed by atoms with Crippen LogP contribution in [0, 0.1) is 5.41 Å². The van der Waals surface area contributed by atoms with Gasteiger partial charge in [-0.2, -0.15) is 18.3 Å². The Morgan fingerprint density at radius 3 is 2.38 bits per heavy atom. The van der Waals surface area contributed by atoms with E-state index in [-0.39, 0.29) is 17.6 Å². The van der Waals surface area contributed by atoms with Gasteiger partial charge in [-0.1, -0.05) is 24.6 Å². The first-order valence-electron chi connectivity index (χ1n) is 10.8. The zero-order valence-electron chi connectivity index (χ0n) is 17.9. The van der Waals surface area contributed by atoms with Crippen molar-refractivity contribution in [2.24, 2.45) is 5.41 Å². The summed E-state index contributed by atoms with van der Waals surface area (Å²) in [6.07, 6.45) is 5.83. The zero-order valence-corrected chi connectivity index (χ0v) is 17.9. The van der Waals surface area contributed by atoms with Crippen molar-refractivity contribution in [3.05, 3.63) is 78.2 Å². The monoisotopic (exact) mass is 442 g/mol. The molecule has 3 aliphatic rings. The summed E-state index contributed by atoms with van der Waals surface area (Å²) in [5, 5.41) is 4.50. The molecule has 1 aliphatic heterocycles. The topological polar surface area (TPSA) is 36.3 Å². The molecule has 0 amide bonds. The second-order valence-electron chi connectivity index (χ2n) is 8.93. The van der Waals surface area contributed by atoms with Gasteiger partial charge in [0.15, 0.2) is 5.79 Å². The molecule has 2 heterocycles. The predicted octanol–water partition coefficient (Wildman–Crippen LogP) is 5.87. The van der Waals surface area contributed by atoms with Gasteiger partial charge in [0.25, 0.3) is 0 Å². The standard InChI is InChI=1S/C25H25F3N2O2/c1-4-21-22(5-2)32-24(31-21)12-6-7-18-13-20-16(14-23(18,24)3)15-29-30(20)19-10-8-17(9-11-19)25(26,27)28/h4-5,8-11,13,15,21-22H,1-2,6-7,12,14H2,3H3/t21-,22-,23?/m1/s1. The van der Waals surface area contributed by atoms with E-state index in [0.29, 0.717) is 12.1 Å². The molecule has 1 spiro atoms. The number of hydrogen-bond donors (Lipinski definition) is 0. The SMILES string of the molecule is C=C[C@H]1OC2(CCCC3=Cc4c(cnn4-c4ccc(C(F)(F)F)cc4)CC32C)O[C@@H]1C=C. The molecule has 7 heteroatoms. The van der Waals surface area contributed by atoms with Crippen molar-refractivity contribution in [1.29, 1.82) is 0 Å². The number of alkyl halides is 3. The second-order valence-corrected chi connectivity index (χ2v) is 8.93. The lowest BCUT2D eigenvalue weighted by Gasteiger charge is -2.51. The van der Waals surface area contributed by atoms with Gasteiger partial charge in [-0.05, 0) is 55.2 Å². The number of halogens is 3. The van der Waals surface area contributed by atoms with Gasteiger partial charge in [0, 0.05) is 11.8 Å². The van der Waals surface area contributed by atoms with E-state index >= 15 is 0 Å². The maximum absolute atomic E-state index is 12.9. The summed E-state index contributed by atoms with van der Waals surface area (Å²) in [6, 6.07) is 5.09. The van der Waals surface area contributed by atoms with Crippen LogP contribution in [0.3, 0.4) is 0 Å². The molecule has 1 saturated carbocycles. The van der Waals surface area contributed by atoms with Gasteiger partial charge in [0.05, 0.1) is 23.1 Å². The molecule has 2 aromatic rings. The van der Waals surface area contributed by atoms with Crippen molar-refractivity contribution in [3.63, 3.8) is 0 Å². The molecule has 0 bridgehead atoms. The average Bonchev–Trinajstić information content (AvgIpc) is 3.34. The molecule has 1 aromatic carbocycles. The molecular weight excluding hydrogens is 417 g/mol. The van der Waals surface area contributed by atoms with Crippen LogP contribution in [0.4, 0.5) is 13.2 Å². The number of benzene rings is 1. The van der Waals surface area contributed by atoms with Gasteiger partial charge in [0.2, 0.25) is 0 Å². The molecule has 3 atom stereocenters. The predicted molar refractivity (Wildman–Crippen MR) is 115 cm³/mol. The van der Waals surface area contributed by atoms with E-state index in [4.69, 9.17) is 9.47 Å². The zero-order chi connectivity index (χ0) is 22.7. The molecule has 0 radical (unpaired) electrons. The smallest absolute Gasteiger partial charge is 0.339 e. The summed E-state index contributed by atoms with van der Waals surface area (Å²) in [7, 11) is 0. The Morgan fingerprint density at radius 1 is 1.12 bits per heavy atom. The lowest BCUT2D eigenvalue weighted by molar-refractivity contribution is -0.243. The minimum Gasteiger partial charge on any atom is -0.339 e. The Morgan fingerprint density at radius 2 is 1.78 bits per heavy atom. The van der Waals surface area contributed by atoms with Gasteiger partial charge in [-0.15, -0.1) is 13.2 Å². The first-order valence-corrected chi connectivity index (χ1v) is 10.8. The molecule has 168 valence electrons. The normalized spacial score (nSPS) is 28.7. The van der Waals surface area contributed by atoms with Crippen LogP contribution in [0.5, 0.6) is 0 Å². The van der Waals surface area contributed by atoms with Crippen LogP contribution in [-0.2, 0) is 22.1 Å². The Bertz CT molecular complexity index is 1080. The number of hydrogen-bond acceptors (Lipinski definition) is 3. The Balaban J connectivity index is 1.52. The number of fused-ring (bicyclic) bond motifs is 3. The molecule has 2 fully saturated rings. The third-order valence-corrected chi connectivity index (χ3v) is 7.12. The number of nitrogens with zero attached hydrogens (tertiary/aromatic N) is 2. The average molecular weight is 442 g/mol. The Kier molecular flexibility index (Phi) is 4.76. The van der Waals surface area contributed by atoms with Gasteiger partial charge in [-0.3, -0.25) is 0 Å². The van der Waals surface area contributed by atoms with Crippen LogP contribution in [0.25, 0.3) is 11.8 Å². The van der Waals surface area contributed by atoms with Crippen molar-refractivity contribution in [1.82, 2.24) is 9.78 Å². The molecule has 1 unspecified atom stereocenters. The van der Waals surface area contributed by atoms with Crippen LogP contribution in [0.1, 0.15) is 43.0 Å². The van der Waals surface area contributed by atoms with Crippen LogP contribution in [0.2, 0.25) is 0 Å². The van der Waals surface area contributed by atoms with Crippen LogP contribution in [0.15, 0.2) is 61.3 Å². The molecule has 1 saturated heterocycles. The molecule has 4 nitrogen and oxygen atoms in total. The fourth-order valence-corrected chi connectivity index (χ4v) is 5.36. The molecule has 1 aromatic heterocycles. The number of ether oxygens (including phenoxy) is 2. The highest BCUT2D eigenvalue weighted by atomic mass is 19.4. The van der Waals surface area contributed by atoms with E-state index in [9.17, 15) is 13.2 Å². The van der Waals surface area contributed by atoms with Gasteiger partial charge >= 0.3 is 6.18 Å². The van der Waals surface area contributed by atoms with E-state index in [1.807, 2.05) is 0 Å². The van der Waals surface area contributed by atoms with Crippen LogP contribution in [-0.4, -0.2) is 27.8 Å². The van der Waals surface area contributed by atoms with Crippen molar-refractivity contribution >= 4 is 6.08 Å². The summed E-state index contributed by atoms with van der Waals surface area (Å²) in [4.78, 5) is 0. The molecule has 32 heavy (non-hydrogen) atoms. The van der Waals surface area contributed by atoms with Crippen molar-refractivity contribution in [2.45, 2.75) is 56.8 Å². The summed E-state index contributed by atoms with van der Waals surface area (Å²) in [6.45, 7) is 9.95. The minimum atomic E-state index is -4.36. The van der Waals surface area contributed by atoms with E-state index < -0.39 is 17.5 Å². The van der Waals surface area contributed by atoms with Gasteiger partial charge in [-0.25, -0.2) is 4.68 Å². The molecule has 2 aliphatic carbocycles. The fourth-order valence-electron chi connectivity index (χ4n) is 5.36. The van der Waals surface area contributed by atoms with Gasteiger partial charge < -0.3 is 9.47 Å². The van der Waals surface area contributed by atoms with Gasteiger partial charge in [0.1, 0.15) is 12.2 Å². The summed E-state index contributed by atoms with van der Waals surface area (Å²) in [5.74, 6) is -0.775. The van der Waals surface area contributed by atoms with Crippen molar-refractivity contribution < 1.29 is 22.6 Å². The Hall–Kier alpha value is -2.64. The quantitative estimate of drug-likeness (QED) is 0.558. The third kappa shape index (κ3) is 3.02. The largest absolute Gasteiger partial charge is 0.416 e. The maximum atomic E-state index is 12.9. The van der Waals surface area contributed by atoms with E-state index in [1.165, 1.54) is 17.7 Å². The highest BCUT2D eigenvalue weighted by molar-refractivity contribution is 5.62. The maximum Gasteiger partial charge on any atom is 0.416 e. The third-order valence-electron chi connectivity index (χ3n) is 7.12. The first kappa shape index (κ1) is 21.2. The van der Waals surface area contributed by atoms with E-state index in [0.717, 1.165) is 42.7 Å². The summed E-state index contributed by atoms with van der Waals surface area (Å²) >= 11 is 0. The van der Waals surface area contributed by atoms with E-state index in [2.05, 4.69) is 31.3 Å².